The van der Waals surface area contributed by atoms with E-state index in [-0.39, 0.29) is 48.2 Å². The van der Waals surface area contributed by atoms with Crippen molar-refractivity contribution in [1.29, 1.82) is 0 Å². The number of rotatable bonds is 7. The van der Waals surface area contributed by atoms with E-state index in [1.165, 1.54) is 13.3 Å². The summed E-state index contributed by atoms with van der Waals surface area (Å²) >= 11 is 6.91. The number of imide groups is 1. The van der Waals surface area contributed by atoms with E-state index >= 15 is 0 Å². The number of amides is 2. The molecule has 4 atom stereocenters. The molecule has 3 aliphatic rings. The standard InChI is InChI=1S/C22H22Br2N2O6/c1-10(2)32-15(27)9-31-20-14(30-3)7-13(18(23)19(20)24)8-25-26-21(28)16-11-4-5-12(6-11)17(16)22(26)29/h4-5,7-8,10-12,16-17H,6,9H2,1-3H3/t11-,12-,16-,17+/m0/s1. The molecule has 1 saturated heterocycles. The maximum atomic E-state index is 12.8. The number of ether oxygens (including phenoxy) is 3. The minimum Gasteiger partial charge on any atom is -0.493 e. The van der Waals surface area contributed by atoms with Gasteiger partial charge < -0.3 is 14.2 Å². The topological polar surface area (TPSA) is 94.5 Å². The number of benzene rings is 1. The van der Waals surface area contributed by atoms with Gasteiger partial charge in [0.15, 0.2) is 18.1 Å². The summed E-state index contributed by atoms with van der Waals surface area (Å²) in [6.07, 6.45) is 6.13. The Morgan fingerprint density at radius 2 is 1.81 bits per heavy atom. The van der Waals surface area contributed by atoms with Crippen LogP contribution in [0, 0.1) is 23.7 Å². The van der Waals surface area contributed by atoms with Crippen LogP contribution in [0.3, 0.4) is 0 Å². The van der Waals surface area contributed by atoms with Crippen molar-refractivity contribution in [2.24, 2.45) is 28.8 Å². The summed E-state index contributed by atoms with van der Waals surface area (Å²) in [5, 5.41) is 5.20. The van der Waals surface area contributed by atoms with Gasteiger partial charge in [-0.2, -0.15) is 10.1 Å². The van der Waals surface area contributed by atoms with E-state index in [0.717, 1.165) is 11.4 Å². The van der Waals surface area contributed by atoms with E-state index in [1.54, 1.807) is 19.9 Å². The largest absolute Gasteiger partial charge is 0.493 e. The number of hydrogen-bond acceptors (Lipinski definition) is 7. The summed E-state index contributed by atoms with van der Waals surface area (Å²) < 4.78 is 17.1. The van der Waals surface area contributed by atoms with Crippen LogP contribution in [0.2, 0.25) is 0 Å². The molecule has 1 aromatic rings. The number of methoxy groups -OCH3 is 1. The number of nitrogens with zero attached hydrogens (tertiary/aromatic N) is 2. The maximum absolute atomic E-state index is 12.8. The summed E-state index contributed by atoms with van der Waals surface area (Å²) in [6, 6.07) is 1.64. The fraction of sp³-hybridized carbons (Fsp3) is 0.455. The van der Waals surface area contributed by atoms with Gasteiger partial charge in [0, 0.05) is 10.0 Å². The van der Waals surface area contributed by atoms with Crippen molar-refractivity contribution in [2.75, 3.05) is 13.7 Å². The molecular weight excluding hydrogens is 548 g/mol. The second-order valence-electron chi connectivity index (χ2n) is 8.19. The third kappa shape index (κ3) is 3.98. The summed E-state index contributed by atoms with van der Waals surface area (Å²) in [4.78, 5) is 37.4. The third-order valence-corrected chi connectivity index (χ3v) is 7.98. The van der Waals surface area contributed by atoms with E-state index in [1.807, 2.05) is 12.2 Å². The average Bonchev–Trinajstić information content (AvgIpc) is 3.42. The lowest BCUT2D eigenvalue weighted by molar-refractivity contribution is -0.149. The molecule has 0 N–H and O–H groups in total. The molecule has 32 heavy (non-hydrogen) atoms. The van der Waals surface area contributed by atoms with Crippen LogP contribution < -0.4 is 9.47 Å². The molecule has 4 rings (SSSR count). The summed E-state index contributed by atoms with van der Waals surface area (Å²) in [6.45, 7) is 3.22. The zero-order valence-corrected chi connectivity index (χ0v) is 20.9. The normalized spacial score (nSPS) is 25.9. The summed E-state index contributed by atoms with van der Waals surface area (Å²) in [7, 11) is 1.47. The zero-order valence-electron chi connectivity index (χ0n) is 17.7. The Bertz CT molecular complexity index is 1010. The van der Waals surface area contributed by atoms with Gasteiger partial charge in [0.25, 0.3) is 11.8 Å². The number of hydrogen-bond donors (Lipinski definition) is 0. The molecule has 2 fully saturated rings. The average molecular weight is 570 g/mol. The molecule has 0 spiro atoms. The van der Waals surface area contributed by atoms with E-state index in [0.29, 0.717) is 26.0 Å². The van der Waals surface area contributed by atoms with Gasteiger partial charge in [0.2, 0.25) is 0 Å². The molecule has 2 bridgehead atoms. The van der Waals surface area contributed by atoms with Crippen LogP contribution in [0.25, 0.3) is 0 Å². The minimum absolute atomic E-state index is 0.126. The van der Waals surface area contributed by atoms with Crippen molar-refractivity contribution in [2.45, 2.75) is 26.4 Å². The molecule has 1 aromatic carbocycles. The smallest absolute Gasteiger partial charge is 0.344 e. The highest BCUT2D eigenvalue weighted by molar-refractivity contribution is 9.13. The number of allylic oxidation sites excluding steroid dienone is 2. The van der Waals surface area contributed by atoms with E-state index in [4.69, 9.17) is 14.2 Å². The molecule has 1 heterocycles. The van der Waals surface area contributed by atoms with Gasteiger partial charge in [-0.25, -0.2) is 4.79 Å². The second-order valence-corrected chi connectivity index (χ2v) is 9.77. The fourth-order valence-electron chi connectivity index (χ4n) is 4.53. The molecule has 170 valence electrons. The highest BCUT2D eigenvalue weighted by Gasteiger charge is 2.59. The van der Waals surface area contributed by atoms with Gasteiger partial charge in [0.05, 0.1) is 35.7 Å². The first-order valence-electron chi connectivity index (χ1n) is 10.2. The van der Waals surface area contributed by atoms with Gasteiger partial charge in [-0.1, -0.05) is 12.2 Å². The Morgan fingerprint density at radius 1 is 1.19 bits per heavy atom. The molecule has 1 saturated carbocycles. The van der Waals surface area contributed by atoms with Gasteiger partial charge in [-0.3, -0.25) is 9.59 Å². The minimum atomic E-state index is -0.504. The number of hydrazone groups is 1. The molecule has 0 radical (unpaired) electrons. The van der Waals surface area contributed by atoms with E-state index in [9.17, 15) is 14.4 Å². The first-order chi connectivity index (χ1) is 15.2. The Kier molecular flexibility index (Phi) is 6.44. The van der Waals surface area contributed by atoms with Crippen LogP contribution in [0.1, 0.15) is 25.8 Å². The van der Waals surface area contributed by atoms with Crippen molar-refractivity contribution >= 4 is 55.9 Å². The Morgan fingerprint density at radius 3 is 2.38 bits per heavy atom. The van der Waals surface area contributed by atoms with Gasteiger partial charge in [0.1, 0.15) is 0 Å². The maximum Gasteiger partial charge on any atom is 0.344 e. The fourth-order valence-corrected chi connectivity index (χ4v) is 5.47. The lowest BCUT2D eigenvalue weighted by atomic mass is 9.85. The predicted octanol–water partition coefficient (Wildman–Crippen LogP) is 3.69. The Labute approximate surface area is 202 Å². The van der Waals surface area contributed by atoms with Crippen molar-refractivity contribution < 1.29 is 28.6 Å². The Hall–Kier alpha value is -2.20. The van der Waals surface area contributed by atoms with Gasteiger partial charge >= 0.3 is 5.97 Å². The number of esters is 1. The zero-order chi connectivity index (χ0) is 23.2. The SMILES string of the molecule is COc1cc(C=NN2C(=O)[C@@H]3[C@H](C2=O)[C@H]2C=C[C@H]3C2)c(Br)c(Br)c1OCC(=O)OC(C)C. The first-order valence-corrected chi connectivity index (χ1v) is 11.8. The van der Waals surface area contributed by atoms with Crippen LogP contribution in [0.4, 0.5) is 0 Å². The van der Waals surface area contributed by atoms with Crippen LogP contribution in [0.15, 0.2) is 32.3 Å². The van der Waals surface area contributed by atoms with Crippen LogP contribution in [-0.4, -0.2) is 48.8 Å². The van der Waals surface area contributed by atoms with Crippen molar-refractivity contribution in [3.8, 4) is 11.5 Å². The molecule has 10 heteroatoms. The molecule has 2 amide bonds. The van der Waals surface area contributed by atoms with E-state index < -0.39 is 5.97 Å². The summed E-state index contributed by atoms with van der Waals surface area (Å²) in [5.41, 5.74) is 0.560. The van der Waals surface area contributed by atoms with Crippen molar-refractivity contribution in [1.82, 2.24) is 5.01 Å². The molecule has 1 aliphatic heterocycles. The lowest BCUT2D eigenvalue weighted by Gasteiger charge is -2.16. The number of halogens is 2. The van der Waals surface area contributed by atoms with Crippen molar-refractivity contribution in [3.63, 3.8) is 0 Å². The Balaban J connectivity index is 1.54. The quantitative estimate of drug-likeness (QED) is 0.215. The van der Waals surface area contributed by atoms with Crippen LogP contribution in [-0.2, 0) is 19.1 Å². The summed E-state index contributed by atoms with van der Waals surface area (Å²) in [5.74, 6) is -0.710. The lowest BCUT2D eigenvalue weighted by Crippen LogP contribution is -2.28. The van der Waals surface area contributed by atoms with Crippen LogP contribution >= 0.6 is 31.9 Å². The molecular formula is C22H22Br2N2O6. The monoisotopic (exact) mass is 568 g/mol. The molecule has 2 aliphatic carbocycles. The molecule has 0 unspecified atom stereocenters. The first kappa shape index (κ1) is 23.0. The second kappa shape index (κ2) is 8.97. The number of carbonyl (C=O) groups excluding carboxylic acids is 3. The highest BCUT2D eigenvalue weighted by atomic mass is 79.9. The third-order valence-electron chi connectivity index (χ3n) is 5.84. The van der Waals surface area contributed by atoms with Crippen molar-refractivity contribution in [3.05, 3.63) is 32.7 Å². The van der Waals surface area contributed by atoms with Gasteiger partial charge in [-0.05, 0) is 70.0 Å². The molecule has 0 aromatic heterocycles. The van der Waals surface area contributed by atoms with Gasteiger partial charge in [-0.15, -0.1) is 0 Å². The van der Waals surface area contributed by atoms with Crippen LogP contribution in [0.5, 0.6) is 11.5 Å². The molecule has 8 nitrogen and oxygen atoms in total. The predicted molar refractivity (Wildman–Crippen MR) is 122 cm³/mol. The van der Waals surface area contributed by atoms with E-state index in [2.05, 4.69) is 37.0 Å². The number of fused-ring (bicyclic) bond motifs is 5. The number of carbonyl (C=O) groups is 3. The highest BCUT2D eigenvalue weighted by Crippen LogP contribution is 2.52.